The fraction of sp³-hybridized carbons (Fsp3) is 0.294. The van der Waals surface area contributed by atoms with E-state index in [9.17, 15) is 0 Å². The Hall–Kier alpha value is -1.76. The van der Waals surface area contributed by atoms with E-state index in [0.717, 1.165) is 18.8 Å². The minimum Gasteiger partial charge on any atom is -0.493 e. The summed E-state index contributed by atoms with van der Waals surface area (Å²) >= 11 is 0. The number of benzene rings is 2. The van der Waals surface area contributed by atoms with Crippen LogP contribution in [0.25, 0.3) is 0 Å². The molecule has 1 atom stereocenters. The second-order valence-electron chi connectivity index (χ2n) is 5.11. The molecule has 0 radical (unpaired) electrons. The molecule has 0 saturated heterocycles. The summed E-state index contributed by atoms with van der Waals surface area (Å²) in [7, 11) is 0. The van der Waals surface area contributed by atoms with Crippen molar-refractivity contribution in [3.63, 3.8) is 0 Å². The van der Waals surface area contributed by atoms with Crippen molar-refractivity contribution < 1.29 is 4.74 Å². The van der Waals surface area contributed by atoms with Gasteiger partial charge in [-0.25, -0.2) is 0 Å². The van der Waals surface area contributed by atoms with Gasteiger partial charge in [0.05, 0.1) is 6.61 Å². The molecule has 0 amide bonds. The molecular formula is C17H18O. The van der Waals surface area contributed by atoms with E-state index in [4.69, 9.17) is 4.74 Å². The van der Waals surface area contributed by atoms with Crippen LogP contribution in [0.1, 0.15) is 28.2 Å². The predicted octanol–water partition coefficient (Wildman–Crippen LogP) is 4.02. The van der Waals surface area contributed by atoms with Gasteiger partial charge in [0, 0.05) is 5.92 Å². The molecular weight excluding hydrogens is 220 g/mol. The molecule has 92 valence electrons. The average molecular weight is 238 g/mol. The van der Waals surface area contributed by atoms with Gasteiger partial charge in [0.15, 0.2) is 0 Å². The first-order valence-electron chi connectivity index (χ1n) is 6.52. The molecule has 1 heteroatoms. The fourth-order valence-electron chi connectivity index (χ4n) is 2.58. The molecule has 1 aliphatic rings. The Morgan fingerprint density at radius 1 is 1.06 bits per heavy atom. The van der Waals surface area contributed by atoms with Crippen molar-refractivity contribution in [2.45, 2.75) is 26.2 Å². The zero-order chi connectivity index (χ0) is 12.5. The van der Waals surface area contributed by atoms with Gasteiger partial charge in [0.25, 0.3) is 0 Å². The van der Waals surface area contributed by atoms with Crippen LogP contribution >= 0.6 is 0 Å². The third kappa shape index (κ3) is 1.90. The Morgan fingerprint density at radius 3 is 2.72 bits per heavy atom. The highest BCUT2D eigenvalue weighted by Crippen LogP contribution is 2.35. The average Bonchev–Trinajstić information content (AvgIpc) is 2.35. The van der Waals surface area contributed by atoms with E-state index in [2.05, 4.69) is 56.3 Å². The summed E-state index contributed by atoms with van der Waals surface area (Å²) in [6.45, 7) is 5.04. The minimum atomic E-state index is 0.570. The molecule has 0 aromatic heterocycles. The molecule has 0 N–H and O–H groups in total. The lowest BCUT2D eigenvalue weighted by Crippen LogP contribution is -2.23. The van der Waals surface area contributed by atoms with Gasteiger partial charge >= 0.3 is 0 Å². The largest absolute Gasteiger partial charge is 0.493 e. The molecule has 0 bridgehead atoms. The third-order valence-corrected chi connectivity index (χ3v) is 3.96. The van der Waals surface area contributed by atoms with Gasteiger partial charge < -0.3 is 4.74 Å². The van der Waals surface area contributed by atoms with Gasteiger partial charge in [-0.2, -0.15) is 0 Å². The summed E-state index contributed by atoms with van der Waals surface area (Å²) < 4.78 is 5.98. The van der Waals surface area contributed by atoms with Gasteiger partial charge in [0.2, 0.25) is 0 Å². The van der Waals surface area contributed by atoms with Gasteiger partial charge in [-0.15, -0.1) is 0 Å². The van der Waals surface area contributed by atoms with Crippen LogP contribution in [0, 0.1) is 13.8 Å². The third-order valence-electron chi connectivity index (χ3n) is 3.96. The molecule has 0 saturated carbocycles. The Bertz CT molecular complexity index is 572. The van der Waals surface area contributed by atoms with Crippen molar-refractivity contribution in [1.82, 2.24) is 0 Å². The normalized spacial score (nSPS) is 16.9. The zero-order valence-electron chi connectivity index (χ0n) is 10.9. The lowest BCUT2D eigenvalue weighted by molar-refractivity contribution is 0.273. The van der Waals surface area contributed by atoms with Crippen molar-refractivity contribution in [3.05, 3.63) is 64.7 Å². The SMILES string of the molecule is Cc1cccc(OCC2Cc3ccccc32)c1C. The second kappa shape index (κ2) is 4.49. The quantitative estimate of drug-likeness (QED) is 0.784. The summed E-state index contributed by atoms with van der Waals surface area (Å²) in [6, 6.07) is 14.9. The van der Waals surface area contributed by atoms with Crippen LogP contribution in [0.4, 0.5) is 0 Å². The lowest BCUT2D eigenvalue weighted by Gasteiger charge is -2.30. The summed E-state index contributed by atoms with van der Waals surface area (Å²) in [5.74, 6) is 1.60. The molecule has 2 aromatic rings. The van der Waals surface area contributed by atoms with Gasteiger partial charge in [-0.1, -0.05) is 36.4 Å². The van der Waals surface area contributed by atoms with E-state index < -0.39 is 0 Å². The Kier molecular flexibility index (Phi) is 2.83. The van der Waals surface area contributed by atoms with Crippen molar-refractivity contribution in [2.24, 2.45) is 0 Å². The van der Waals surface area contributed by atoms with E-state index in [0.29, 0.717) is 5.92 Å². The molecule has 1 aliphatic carbocycles. The molecule has 0 spiro atoms. The smallest absolute Gasteiger partial charge is 0.122 e. The molecule has 0 heterocycles. The molecule has 0 aliphatic heterocycles. The highest BCUT2D eigenvalue weighted by molar-refractivity contribution is 5.41. The van der Waals surface area contributed by atoms with E-state index in [1.807, 2.05) is 0 Å². The number of rotatable bonds is 3. The Morgan fingerprint density at radius 2 is 1.89 bits per heavy atom. The zero-order valence-corrected chi connectivity index (χ0v) is 10.9. The van der Waals surface area contributed by atoms with Crippen molar-refractivity contribution in [3.8, 4) is 5.75 Å². The van der Waals surface area contributed by atoms with E-state index >= 15 is 0 Å². The molecule has 1 unspecified atom stereocenters. The molecule has 3 rings (SSSR count). The topological polar surface area (TPSA) is 9.23 Å². The van der Waals surface area contributed by atoms with Crippen LogP contribution in [-0.2, 0) is 6.42 Å². The highest BCUT2D eigenvalue weighted by atomic mass is 16.5. The lowest BCUT2D eigenvalue weighted by atomic mass is 9.78. The van der Waals surface area contributed by atoms with Crippen molar-refractivity contribution in [2.75, 3.05) is 6.61 Å². The highest BCUT2D eigenvalue weighted by Gasteiger charge is 2.25. The van der Waals surface area contributed by atoms with Gasteiger partial charge in [-0.05, 0) is 48.6 Å². The van der Waals surface area contributed by atoms with Crippen LogP contribution in [0.3, 0.4) is 0 Å². The standard InChI is InChI=1S/C17H18O/c1-12-6-5-9-17(13(12)2)18-11-15-10-14-7-3-4-8-16(14)15/h3-9,15H,10-11H2,1-2H3. The number of hydrogen-bond donors (Lipinski definition) is 0. The first kappa shape index (κ1) is 11.3. The molecule has 2 aromatic carbocycles. The van der Waals surface area contributed by atoms with Gasteiger partial charge in [0.1, 0.15) is 5.75 Å². The first-order valence-corrected chi connectivity index (χ1v) is 6.52. The summed E-state index contributed by atoms with van der Waals surface area (Å²) in [5, 5.41) is 0. The van der Waals surface area contributed by atoms with E-state index in [1.54, 1.807) is 0 Å². The number of hydrogen-bond acceptors (Lipinski definition) is 1. The van der Waals surface area contributed by atoms with Crippen LogP contribution in [0.15, 0.2) is 42.5 Å². The van der Waals surface area contributed by atoms with Crippen molar-refractivity contribution >= 4 is 0 Å². The van der Waals surface area contributed by atoms with Crippen LogP contribution in [-0.4, -0.2) is 6.61 Å². The first-order chi connectivity index (χ1) is 8.75. The minimum absolute atomic E-state index is 0.570. The number of fused-ring (bicyclic) bond motifs is 1. The van der Waals surface area contributed by atoms with Crippen molar-refractivity contribution in [1.29, 1.82) is 0 Å². The van der Waals surface area contributed by atoms with E-state index in [-0.39, 0.29) is 0 Å². The van der Waals surface area contributed by atoms with Crippen LogP contribution in [0.5, 0.6) is 5.75 Å². The Balaban J connectivity index is 1.69. The van der Waals surface area contributed by atoms with E-state index in [1.165, 1.54) is 22.3 Å². The molecule has 18 heavy (non-hydrogen) atoms. The predicted molar refractivity (Wildman–Crippen MR) is 74.3 cm³/mol. The summed E-state index contributed by atoms with van der Waals surface area (Å²) in [5.41, 5.74) is 5.49. The maximum Gasteiger partial charge on any atom is 0.122 e. The molecule has 1 nitrogen and oxygen atoms in total. The monoisotopic (exact) mass is 238 g/mol. The maximum atomic E-state index is 5.98. The maximum absolute atomic E-state index is 5.98. The number of ether oxygens (including phenoxy) is 1. The van der Waals surface area contributed by atoms with Crippen LogP contribution < -0.4 is 4.74 Å². The number of aryl methyl sites for hydroxylation is 1. The fourth-order valence-corrected chi connectivity index (χ4v) is 2.58. The van der Waals surface area contributed by atoms with Crippen LogP contribution in [0.2, 0.25) is 0 Å². The summed E-state index contributed by atoms with van der Waals surface area (Å²) in [4.78, 5) is 0. The molecule has 0 fully saturated rings. The van der Waals surface area contributed by atoms with Gasteiger partial charge in [-0.3, -0.25) is 0 Å². The second-order valence-corrected chi connectivity index (χ2v) is 5.11. The Labute approximate surface area is 108 Å². The summed E-state index contributed by atoms with van der Waals surface area (Å²) in [6.07, 6.45) is 1.15.